The SMILES string of the molecule is O=C(NC[C@@H](O)c1ccc(Cl)cc1)[C@@H]1COCCN1. The van der Waals surface area contributed by atoms with E-state index in [1.54, 1.807) is 24.3 Å². The van der Waals surface area contributed by atoms with E-state index in [-0.39, 0.29) is 18.5 Å². The maximum Gasteiger partial charge on any atom is 0.239 e. The van der Waals surface area contributed by atoms with Crippen molar-refractivity contribution in [2.24, 2.45) is 0 Å². The van der Waals surface area contributed by atoms with E-state index in [2.05, 4.69) is 10.6 Å². The minimum absolute atomic E-state index is 0.160. The first-order valence-electron chi connectivity index (χ1n) is 6.19. The molecule has 1 amide bonds. The molecule has 2 rings (SSSR count). The third-order valence-electron chi connectivity index (χ3n) is 2.96. The smallest absolute Gasteiger partial charge is 0.239 e. The summed E-state index contributed by atoms with van der Waals surface area (Å²) >= 11 is 5.77. The lowest BCUT2D eigenvalue weighted by atomic mass is 10.1. The van der Waals surface area contributed by atoms with Crippen LogP contribution in [0.1, 0.15) is 11.7 Å². The summed E-state index contributed by atoms with van der Waals surface area (Å²) in [7, 11) is 0. The molecule has 1 aliphatic heterocycles. The van der Waals surface area contributed by atoms with Crippen LogP contribution >= 0.6 is 11.6 Å². The molecule has 0 spiro atoms. The highest BCUT2D eigenvalue weighted by Gasteiger charge is 2.21. The van der Waals surface area contributed by atoms with Crippen molar-refractivity contribution in [2.45, 2.75) is 12.1 Å². The van der Waals surface area contributed by atoms with E-state index in [1.165, 1.54) is 0 Å². The van der Waals surface area contributed by atoms with E-state index in [9.17, 15) is 9.90 Å². The summed E-state index contributed by atoms with van der Waals surface area (Å²) in [6, 6.07) is 6.55. The summed E-state index contributed by atoms with van der Waals surface area (Å²) in [6.07, 6.45) is -0.745. The molecular weight excluding hydrogens is 268 g/mol. The minimum atomic E-state index is -0.745. The molecule has 104 valence electrons. The highest BCUT2D eigenvalue weighted by molar-refractivity contribution is 6.30. The Labute approximate surface area is 116 Å². The number of carbonyl (C=O) groups is 1. The third kappa shape index (κ3) is 4.18. The average molecular weight is 285 g/mol. The van der Waals surface area contributed by atoms with E-state index in [0.717, 1.165) is 5.56 Å². The van der Waals surface area contributed by atoms with Gasteiger partial charge in [-0.25, -0.2) is 0 Å². The van der Waals surface area contributed by atoms with E-state index < -0.39 is 6.10 Å². The van der Waals surface area contributed by atoms with Gasteiger partial charge in [0.05, 0.1) is 19.3 Å². The molecule has 0 unspecified atom stereocenters. The maximum absolute atomic E-state index is 11.8. The molecule has 3 N–H and O–H groups in total. The summed E-state index contributed by atoms with van der Waals surface area (Å²) in [6.45, 7) is 1.82. The van der Waals surface area contributed by atoms with E-state index in [0.29, 0.717) is 24.8 Å². The third-order valence-corrected chi connectivity index (χ3v) is 3.21. The van der Waals surface area contributed by atoms with Crippen molar-refractivity contribution in [3.8, 4) is 0 Å². The molecule has 1 aromatic carbocycles. The standard InChI is InChI=1S/C13H17ClN2O3/c14-10-3-1-9(2-4-10)12(17)7-16-13(18)11-8-19-6-5-15-11/h1-4,11-12,15,17H,5-8H2,(H,16,18)/t11-,12+/m0/s1. The molecule has 0 saturated carbocycles. The summed E-state index contributed by atoms with van der Waals surface area (Å²) < 4.78 is 5.21. The lowest BCUT2D eigenvalue weighted by Crippen LogP contribution is -2.51. The van der Waals surface area contributed by atoms with Crippen LogP contribution in [-0.2, 0) is 9.53 Å². The second-order valence-electron chi connectivity index (χ2n) is 4.39. The van der Waals surface area contributed by atoms with Crippen molar-refractivity contribution in [3.63, 3.8) is 0 Å². The van der Waals surface area contributed by atoms with Gasteiger partial charge < -0.3 is 20.5 Å². The Morgan fingerprint density at radius 3 is 2.89 bits per heavy atom. The number of rotatable bonds is 4. The fraction of sp³-hybridized carbons (Fsp3) is 0.462. The number of morpholine rings is 1. The minimum Gasteiger partial charge on any atom is -0.387 e. The van der Waals surface area contributed by atoms with Crippen molar-refractivity contribution in [3.05, 3.63) is 34.9 Å². The molecule has 1 aromatic rings. The van der Waals surface area contributed by atoms with Gasteiger partial charge in [-0.15, -0.1) is 0 Å². The number of carbonyl (C=O) groups excluding carboxylic acids is 1. The van der Waals surface area contributed by atoms with Gasteiger partial charge in [0.1, 0.15) is 6.04 Å². The summed E-state index contributed by atoms with van der Waals surface area (Å²) in [5.41, 5.74) is 0.720. The topological polar surface area (TPSA) is 70.6 Å². The fourth-order valence-corrected chi connectivity index (χ4v) is 1.98. The number of halogens is 1. The average Bonchev–Trinajstić information content (AvgIpc) is 2.46. The lowest BCUT2D eigenvalue weighted by Gasteiger charge is -2.23. The van der Waals surface area contributed by atoms with Gasteiger partial charge in [0.25, 0.3) is 0 Å². The number of hydrogen-bond donors (Lipinski definition) is 3. The van der Waals surface area contributed by atoms with Gasteiger partial charge in [0, 0.05) is 18.1 Å². The van der Waals surface area contributed by atoms with Gasteiger partial charge in [-0.1, -0.05) is 23.7 Å². The predicted molar refractivity (Wildman–Crippen MR) is 72.0 cm³/mol. The van der Waals surface area contributed by atoms with Crippen LogP contribution < -0.4 is 10.6 Å². The van der Waals surface area contributed by atoms with Crippen LogP contribution in [0.25, 0.3) is 0 Å². The first-order valence-corrected chi connectivity index (χ1v) is 6.57. The second-order valence-corrected chi connectivity index (χ2v) is 4.83. The molecule has 0 radical (unpaired) electrons. The molecule has 6 heteroatoms. The fourth-order valence-electron chi connectivity index (χ4n) is 1.86. The Morgan fingerprint density at radius 2 is 2.26 bits per heavy atom. The van der Waals surface area contributed by atoms with Crippen LogP contribution in [0.15, 0.2) is 24.3 Å². The monoisotopic (exact) mass is 284 g/mol. The highest BCUT2D eigenvalue weighted by Crippen LogP contribution is 2.15. The molecular formula is C13H17ClN2O3. The molecule has 0 aromatic heterocycles. The van der Waals surface area contributed by atoms with Crippen LogP contribution in [0.3, 0.4) is 0 Å². The number of hydrogen-bond acceptors (Lipinski definition) is 4. The normalized spacial score (nSPS) is 20.8. The first kappa shape index (κ1) is 14.3. The van der Waals surface area contributed by atoms with Gasteiger partial charge in [0.2, 0.25) is 5.91 Å². The second kappa shape index (κ2) is 6.86. The Hall–Kier alpha value is -1.14. The predicted octanol–water partition coefficient (Wildman–Crippen LogP) is 0.478. The molecule has 19 heavy (non-hydrogen) atoms. The van der Waals surface area contributed by atoms with Crippen molar-refractivity contribution in [2.75, 3.05) is 26.3 Å². The maximum atomic E-state index is 11.8. The zero-order chi connectivity index (χ0) is 13.7. The van der Waals surface area contributed by atoms with Crippen molar-refractivity contribution in [1.29, 1.82) is 0 Å². The number of aliphatic hydroxyl groups excluding tert-OH is 1. The largest absolute Gasteiger partial charge is 0.387 e. The highest BCUT2D eigenvalue weighted by atomic mass is 35.5. The molecule has 1 fully saturated rings. The number of aliphatic hydroxyl groups is 1. The van der Waals surface area contributed by atoms with E-state index in [4.69, 9.17) is 16.3 Å². The molecule has 2 atom stereocenters. The van der Waals surface area contributed by atoms with Crippen LogP contribution in [-0.4, -0.2) is 43.4 Å². The van der Waals surface area contributed by atoms with Gasteiger partial charge in [0.15, 0.2) is 0 Å². The van der Waals surface area contributed by atoms with Gasteiger partial charge in [-0.05, 0) is 17.7 Å². The lowest BCUT2D eigenvalue weighted by molar-refractivity contribution is -0.126. The Balaban J connectivity index is 1.80. The van der Waals surface area contributed by atoms with E-state index in [1.807, 2.05) is 0 Å². The number of benzene rings is 1. The molecule has 1 aliphatic rings. The van der Waals surface area contributed by atoms with Gasteiger partial charge >= 0.3 is 0 Å². The molecule has 0 bridgehead atoms. The first-order chi connectivity index (χ1) is 9.16. The van der Waals surface area contributed by atoms with Crippen LogP contribution in [0, 0.1) is 0 Å². The van der Waals surface area contributed by atoms with Crippen LogP contribution in [0.4, 0.5) is 0 Å². The molecule has 5 nitrogen and oxygen atoms in total. The van der Waals surface area contributed by atoms with E-state index >= 15 is 0 Å². The number of amides is 1. The quantitative estimate of drug-likeness (QED) is 0.752. The van der Waals surface area contributed by atoms with Crippen LogP contribution in [0.5, 0.6) is 0 Å². The summed E-state index contributed by atoms with van der Waals surface area (Å²) in [5.74, 6) is -0.160. The van der Waals surface area contributed by atoms with Crippen molar-refractivity contribution >= 4 is 17.5 Å². The Bertz CT molecular complexity index is 418. The summed E-state index contributed by atoms with van der Waals surface area (Å²) in [5, 5.41) is 16.3. The number of nitrogens with one attached hydrogen (secondary N) is 2. The Morgan fingerprint density at radius 1 is 1.53 bits per heavy atom. The zero-order valence-corrected chi connectivity index (χ0v) is 11.2. The molecule has 1 heterocycles. The van der Waals surface area contributed by atoms with Crippen molar-refractivity contribution < 1.29 is 14.6 Å². The van der Waals surface area contributed by atoms with Gasteiger partial charge in [-0.2, -0.15) is 0 Å². The molecule has 0 aliphatic carbocycles. The summed E-state index contributed by atoms with van der Waals surface area (Å²) in [4.78, 5) is 11.8. The van der Waals surface area contributed by atoms with Crippen molar-refractivity contribution in [1.82, 2.24) is 10.6 Å². The number of ether oxygens (including phenoxy) is 1. The molecule has 1 saturated heterocycles. The Kier molecular flexibility index (Phi) is 5.15. The van der Waals surface area contributed by atoms with Crippen LogP contribution in [0.2, 0.25) is 5.02 Å². The van der Waals surface area contributed by atoms with Gasteiger partial charge in [-0.3, -0.25) is 4.79 Å². The zero-order valence-electron chi connectivity index (χ0n) is 10.4.